The number of hydrogen-bond donors (Lipinski definition) is 1. The molecule has 1 saturated heterocycles. The number of pyridine rings is 1. The highest BCUT2D eigenvalue weighted by Gasteiger charge is 2.25. The second-order valence-electron chi connectivity index (χ2n) is 6.17. The van der Waals surface area contributed by atoms with Crippen molar-refractivity contribution < 1.29 is 9.90 Å². The molecule has 0 aliphatic carbocycles. The fraction of sp³-hybridized carbons (Fsp3) is 0.529. The van der Waals surface area contributed by atoms with Crippen LogP contribution in [0.3, 0.4) is 0 Å². The highest BCUT2D eigenvalue weighted by molar-refractivity contribution is 5.88. The molecular weight excluding hydrogens is 278 g/mol. The Kier molecular flexibility index (Phi) is 4.16. The first-order valence-electron chi connectivity index (χ1n) is 8.05. The largest absolute Gasteiger partial charge is 0.476 e. The van der Waals surface area contributed by atoms with Crippen LogP contribution in [0.1, 0.15) is 54.4 Å². The van der Waals surface area contributed by atoms with Gasteiger partial charge in [0, 0.05) is 18.8 Å². The van der Waals surface area contributed by atoms with Crippen molar-refractivity contribution in [2.75, 3.05) is 6.54 Å². The van der Waals surface area contributed by atoms with Crippen molar-refractivity contribution in [3.8, 4) is 0 Å². The molecule has 118 valence electrons. The third-order valence-electron chi connectivity index (χ3n) is 4.66. The van der Waals surface area contributed by atoms with Gasteiger partial charge in [0.05, 0.1) is 5.69 Å². The lowest BCUT2D eigenvalue weighted by Gasteiger charge is -2.35. The quantitative estimate of drug-likeness (QED) is 0.942. The van der Waals surface area contributed by atoms with Crippen LogP contribution in [0, 0.1) is 6.92 Å². The summed E-state index contributed by atoms with van der Waals surface area (Å²) < 4.78 is 1.93. The van der Waals surface area contributed by atoms with E-state index in [4.69, 9.17) is 0 Å². The lowest BCUT2D eigenvalue weighted by atomic mass is 10.00. The summed E-state index contributed by atoms with van der Waals surface area (Å²) in [5.74, 6) is -0.943. The Morgan fingerprint density at radius 2 is 2.27 bits per heavy atom. The van der Waals surface area contributed by atoms with Crippen LogP contribution in [0.2, 0.25) is 0 Å². The standard InChI is InChI=1S/C17H23N3O2/c1-3-13-6-4-5-8-19(13)11-14-16(17(21)22)18-15-10-12(2)7-9-20(14)15/h7,9-10,13H,3-6,8,11H2,1-2H3,(H,21,22). The van der Waals surface area contributed by atoms with E-state index in [0.717, 1.165) is 29.9 Å². The fourth-order valence-electron chi connectivity index (χ4n) is 3.44. The zero-order valence-corrected chi connectivity index (χ0v) is 13.2. The van der Waals surface area contributed by atoms with Gasteiger partial charge in [-0.2, -0.15) is 0 Å². The molecule has 3 rings (SSSR count). The molecule has 0 spiro atoms. The number of carbonyl (C=O) groups is 1. The Morgan fingerprint density at radius 1 is 1.45 bits per heavy atom. The van der Waals surface area contributed by atoms with Gasteiger partial charge in [-0.05, 0) is 50.4 Å². The van der Waals surface area contributed by atoms with Crippen LogP contribution in [-0.2, 0) is 6.54 Å². The summed E-state index contributed by atoms with van der Waals surface area (Å²) in [5, 5.41) is 9.49. The van der Waals surface area contributed by atoms with E-state index in [1.807, 2.05) is 29.7 Å². The van der Waals surface area contributed by atoms with Gasteiger partial charge in [-0.1, -0.05) is 13.3 Å². The van der Waals surface area contributed by atoms with Crippen LogP contribution < -0.4 is 0 Å². The van der Waals surface area contributed by atoms with Gasteiger partial charge < -0.3 is 9.51 Å². The van der Waals surface area contributed by atoms with E-state index in [0.29, 0.717) is 12.6 Å². The molecule has 1 unspecified atom stereocenters. The average molecular weight is 301 g/mol. The SMILES string of the molecule is CCC1CCCCN1Cc1c(C(=O)O)nc2cc(C)ccn12. The predicted octanol–water partition coefficient (Wildman–Crippen LogP) is 3.11. The molecule has 5 heteroatoms. The number of aromatic carboxylic acids is 1. The lowest BCUT2D eigenvalue weighted by molar-refractivity contribution is 0.0685. The molecule has 0 saturated carbocycles. The highest BCUT2D eigenvalue weighted by atomic mass is 16.4. The zero-order valence-electron chi connectivity index (χ0n) is 13.2. The first-order valence-corrected chi connectivity index (χ1v) is 8.05. The van der Waals surface area contributed by atoms with Crippen molar-refractivity contribution >= 4 is 11.6 Å². The number of carboxylic acids is 1. The number of likely N-dealkylation sites (tertiary alicyclic amines) is 1. The minimum atomic E-state index is -0.943. The number of aromatic nitrogens is 2. The molecule has 1 aliphatic heterocycles. The highest BCUT2D eigenvalue weighted by Crippen LogP contribution is 2.24. The van der Waals surface area contributed by atoms with Gasteiger partial charge in [0.2, 0.25) is 0 Å². The van der Waals surface area contributed by atoms with Crippen LogP contribution in [0.4, 0.5) is 0 Å². The number of carboxylic acid groups (broad SMARTS) is 1. The van der Waals surface area contributed by atoms with Crippen molar-refractivity contribution in [2.24, 2.45) is 0 Å². The molecule has 5 nitrogen and oxygen atoms in total. The van der Waals surface area contributed by atoms with Crippen molar-refractivity contribution in [3.63, 3.8) is 0 Å². The van der Waals surface area contributed by atoms with Crippen LogP contribution in [-0.4, -0.2) is 37.9 Å². The molecule has 2 aromatic rings. The molecule has 0 bridgehead atoms. The molecule has 1 atom stereocenters. The zero-order chi connectivity index (χ0) is 15.7. The Labute approximate surface area is 130 Å². The predicted molar refractivity (Wildman–Crippen MR) is 85.2 cm³/mol. The molecule has 2 aromatic heterocycles. The van der Waals surface area contributed by atoms with Gasteiger partial charge in [0.15, 0.2) is 5.69 Å². The van der Waals surface area contributed by atoms with Crippen LogP contribution in [0.15, 0.2) is 18.3 Å². The van der Waals surface area contributed by atoms with Crippen LogP contribution in [0.25, 0.3) is 5.65 Å². The average Bonchev–Trinajstić information content (AvgIpc) is 2.86. The van der Waals surface area contributed by atoms with Gasteiger partial charge in [-0.25, -0.2) is 9.78 Å². The molecule has 1 fully saturated rings. The molecule has 1 aliphatic rings. The third-order valence-corrected chi connectivity index (χ3v) is 4.66. The summed E-state index contributed by atoms with van der Waals surface area (Å²) in [6, 6.07) is 4.48. The van der Waals surface area contributed by atoms with Crippen molar-refractivity contribution in [2.45, 2.75) is 52.1 Å². The second-order valence-corrected chi connectivity index (χ2v) is 6.17. The van der Waals surface area contributed by atoms with E-state index >= 15 is 0 Å². The Bertz CT molecular complexity index is 693. The van der Waals surface area contributed by atoms with E-state index in [2.05, 4.69) is 16.8 Å². The van der Waals surface area contributed by atoms with Crippen molar-refractivity contribution in [1.82, 2.24) is 14.3 Å². The summed E-state index contributed by atoms with van der Waals surface area (Å²) >= 11 is 0. The van der Waals surface area contributed by atoms with E-state index in [1.54, 1.807) is 0 Å². The van der Waals surface area contributed by atoms with Gasteiger partial charge in [-0.15, -0.1) is 0 Å². The molecule has 0 aromatic carbocycles. The maximum absolute atomic E-state index is 11.6. The Balaban J connectivity index is 2.01. The number of fused-ring (bicyclic) bond motifs is 1. The van der Waals surface area contributed by atoms with Crippen LogP contribution in [0.5, 0.6) is 0 Å². The van der Waals surface area contributed by atoms with Crippen molar-refractivity contribution in [1.29, 1.82) is 0 Å². The molecule has 0 radical (unpaired) electrons. The number of imidazole rings is 1. The van der Waals surface area contributed by atoms with E-state index < -0.39 is 5.97 Å². The van der Waals surface area contributed by atoms with Gasteiger partial charge in [-0.3, -0.25) is 4.90 Å². The monoisotopic (exact) mass is 301 g/mol. The normalized spacial score (nSPS) is 19.6. The fourth-order valence-corrected chi connectivity index (χ4v) is 3.44. The minimum absolute atomic E-state index is 0.186. The summed E-state index contributed by atoms with van der Waals surface area (Å²) in [7, 11) is 0. The first kappa shape index (κ1) is 15.0. The number of piperidine rings is 1. The summed E-state index contributed by atoms with van der Waals surface area (Å²) in [6.07, 6.45) is 6.71. The second kappa shape index (κ2) is 6.08. The molecule has 0 amide bonds. The maximum Gasteiger partial charge on any atom is 0.356 e. The topological polar surface area (TPSA) is 57.8 Å². The van der Waals surface area contributed by atoms with Crippen LogP contribution >= 0.6 is 0 Å². The molecule has 22 heavy (non-hydrogen) atoms. The summed E-state index contributed by atoms with van der Waals surface area (Å²) in [4.78, 5) is 18.3. The lowest BCUT2D eigenvalue weighted by Crippen LogP contribution is -2.39. The first-order chi connectivity index (χ1) is 10.6. The van der Waals surface area contributed by atoms with Gasteiger partial charge in [0.1, 0.15) is 5.65 Å². The van der Waals surface area contributed by atoms with E-state index in [-0.39, 0.29) is 5.69 Å². The maximum atomic E-state index is 11.6. The Hall–Kier alpha value is -1.88. The summed E-state index contributed by atoms with van der Waals surface area (Å²) in [6.45, 7) is 5.90. The van der Waals surface area contributed by atoms with Gasteiger partial charge in [0.25, 0.3) is 0 Å². The number of aryl methyl sites for hydroxylation is 1. The van der Waals surface area contributed by atoms with E-state index in [1.165, 1.54) is 19.3 Å². The molecule has 3 heterocycles. The smallest absolute Gasteiger partial charge is 0.356 e. The number of nitrogens with zero attached hydrogens (tertiary/aromatic N) is 3. The number of rotatable bonds is 4. The third kappa shape index (κ3) is 2.73. The van der Waals surface area contributed by atoms with Crippen molar-refractivity contribution in [3.05, 3.63) is 35.3 Å². The van der Waals surface area contributed by atoms with Gasteiger partial charge >= 0.3 is 5.97 Å². The molecule has 1 N–H and O–H groups in total. The molecular formula is C17H23N3O2. The Morgan fingerprint density at radius 3 is 3.00 bits per heavy atom. The number of hydrogen-bond acceptors (Lipinski definition) is 3. The van der Waals surface area contributed by atoms with E-state index in [9.17, 15) is 9.90 Å². The minimum Gasteiger partial charge on any atom is -0.476 e. The summed E-state index contributed by atoms with van der Waals surface area (Å²) in [5.41, 5.74) is 2.79.